The quantitative estimate of drug-likeness (QED) is 0.666. The topological polar surface area (TPSA) is 92.6 Å². The summed E-state index contributed by atoms with van der Waals surface area (Å²) < 4.78 is 29.0. The number of sulfonamides is 1. The number of rotatable bonds is 5. The van der Waals surface area contributed by atoms with E-state index < -0.39 is 16.1 Å². The van der Waals surface area contributed by atoms with E-state index in [2.05, 4.69) is 5.10 Å². The van der Waals surface area contributed by atoms with Gasteiger partial charge in [-0.1, -0.05) is 6.07 Å². The number of Topliss-reactive ketones (excluding diaryl/α,β-unsaturated/α-hetero) is 1. The summed E-state index contributed by atoms with van der Waals surface area (Å²) in [5.41, 5.74) is 0.582. The lowest BCUT2D eigenvalue weighted by molar-refractivity contribution is -0.135. The Balaban J connectivity index is 1.42. The summed E-state index contributed by atoms with van der Waals surface area (Å²) in [5, 5.41) is 5.78. The fraction of sp³-hybridized carbons (Fsp3) is 0.526. The zero-order chi connectivity index (χ0) is 20.6. The standard InChI is InChI=1S/C19H24N4O4S2/c1-21-15(6-9-20-21)18(24)14-7-11-22(12-8-14)19(25)16-4-2-10-23(16)29(26,27)17-5-3-13-28-17/h3,5-6,9,13-14,16H,2,4,7-8,10-12H2,1H3. The summed E-state index contributed by atoms with van der Waals surface area (Å²) in [6.45, 7) is 1.30. The van der Waals surface area contributed by atoms with E-state index >= 15 is 0 Å². The molecule has 0 N–H and O–H groups in total. The monoisotopic (exact) mass is 436 g/mol. The van der Waals surface area contributed by atoms with Crippen molar-refractivity contribution in [2.75, 3.05) is 19.6 Å². The van der Waals surface area contributed by atoms with Gasteiger partial charge in [0.1, 0.15) is 15.9 Å². The number of hydrogen-bond acceptors (Lipinski definition) is 6. The van der Waals surface area contributed by atoms with Gasteiger partial charge in [-0.25, -0.2) is 8.42 Å². The van der Waals surface area contributed by atoms with Gasteiger partial charge in [0.25, 0.3) is 10.0 Å². The molecule has 2 aliphatic rings. The van der Waals surface area contributed by atoms with E-state index in [1.807, 2.05) is 0 Å². The van der Waals surface area contributed by atoms with Crippen LogP contribution in [0.2, 0.25) is 0 Å². The zero-order valence-electron chi connectivity index (χ0n) is 16.2. The van der Waals surface area contributed by atoms with Gasteiger partial charge in [-0.2, -0.15) is 9.40 Å². The molecule has 0 bridgehead atoms. The van der Waals surface area contributed by atoms with E-state index in [0.717, 1.165) is 0 Å². The molecule has 0 spiro atoms. The predicted molar refractivity (Wildman–Crippen MR) is 108 cm³/mol. The van der Waals surface area contributed by atoms with Crippen LogP contribution in [0.5, 0.6) is 0 Å². The van der Waals surface area contributed by atoms with Crippen molar-refractivity contribution < 1.29 is 18.0 Å². The molecule has 4 heterocycles. The maximum Gasteiger partial charge on any atom is 0.253 e. The van der Waals surface area contributed by atoms with E-state index in [4.69, 9.17) is 0 Å². The first-order valence-corrected chi connectivity index (χ1v) is 12.1. The minimum Gasteiger partial charge on any atom is -0.341 e. The highest BCUT2D eigenvalue weighted by Crippen LogP contribution is 2.30. The number of amides is 1. The SMILES string of the molecule is Cn1nccc1C(=O)C1CCN(C(=O)C2CCCN2S(=O)(=O)c2cccs2)CC1. The van der Waals surface area contributed by atoms with Crippen molar-refractivity contribution in [2.45, 2.75) is 35.9 Å². The Morgan fingerprint density at radius 2 is 1.90 bits per heavy atom. The zero-order valence-corrected chi connectivity index (χ0v) is 17.9. The van der Waals surface area contributed by atoms with Crippen LogP contribution in [-0.2, 0) is 21.9 Å². The van der Waals surface area contributed by atoms with Gasteiger partial charge < -0.3 is 4.90 Å². The molecule has 29 heavy (non-hydrogen) atoms. The average molecular weight is 437 g/mol. The van der Waals surface area contributed by atoms with Crippen LogP contribution in [0.15, 0.2) is 34.0 Å². The van der Waals surface area contributed by atoms with Crippen LogP contribution >= 0.6 is 11.3 Å². The molecule has 4 rings (SSSR count). The fourth-order valence-electron chi connectivity index (χ4n) is 4.20. The summed E-state index contributed by atoms with van der Waals surface area (Å²) in [6, 6.07) is 4.35. The maximum absolute atomic E-state index is 13.1. The van der Waals surface area contributed by atoms with Gasteiger partial charge >= 0.3 is 0 Å². The normalized spacial score (nSPS) is 21.6. The highest BCUT2D eigenvalue weighted by molar-refractivity contribution is 7.91. The molecule has 0 aromatic carbocycles. The Kier molecular flexibility index (Phi) is 5.58. The highest BCUT2D eigenvalue weighted by Gasteiger charge is 2.42. The Hall–Kier alpha value is -2.04. The number of aryl methyl sites for hydroxylation is 1. The molecule has 2 aromatic rings. The third kappa shape index (κ3) is 3.76. The molecule has 10 heteroatoms. The third-order valence-electron chi connectivity index (χ3n) is 5.80. The number of likely N-dealkylation sites (tertiary alicyclic amines) is 1. The maximum atomic E-state index is 13.1. The largest absolute Gasteiger partial charge is 0.341 e. The Morgan fingerprint density at radius 1 is 1.14 bits per heavy atom. The van der Waals surface area contributed by atoms with Crippen LogP contribution in [-0.4, -0.2) is 64.8 Å². The van der Waals surface area contributed by atoms with E-state index in [-0.39, 0.29) is 21.8 Å². The number of hydrogen-bond donors (Lipinski definition) is 0. The lowest BCUT2D eigenvalue weighted by atomic mass is 9.90. The molecule has 2 saturated heterocycles. The number of carbonyl (C=O) groups is 2. The molecule has 2 fully saturated rings. The van der Waals surface area contributed by atoms with Crippen LogP contribution in [0.1, 0.15) is 36.2 Å². The van der Waals surface area contributed by atoms with Gasteiger partial charge in [0, 0.05) is 38.8 Å². The third-order valence-corrected chi connectivity index (χ3v) is 9.08. The van der Waals surface area contributed by atoms with E-state index in [9.17, 15) is 18.0 Å². The Labute approximate surface area is 174 Å². The van der Waals surface area contributed by atoms with E-state index in [1.165, 1.54) is 15.6 Å². The number of thiophene rings is 1. The van der Waals surface area contributed by atoms with Gasteiger partial charge in [0.15, 0.2) is 5.78 Å². The van der Waals surface area contributed by atoms with E-state index in [1.54, 1.807) is 46.4 Å². The molecule has 1 unspecified atom stereocenters. The number of nitrogens with zero attached hydrogens (tertiary/aromatic N) is 4. The van der Waals surface area contributed by atoms with Crippen LogP contribution < -0.4 is 0 Å². The predicted octanol–water partition coefficient (Wildman–Crippen LogP) is 1.76. The lowest BCUT2D eigenvalue weighted by Crippen LogP contribution is -2.50. The van der Waals surface area contributed by atoms with Crippen molar-refractivity contribution in [3.05, 3.63) is 35.5 Å². The summed E-state index contributed by atoms with van der Waals surface area (Å²) in [7, 11) is -1.90. The Morgan fingerprint density at radius 3 is 2.52 bits per heavy atom. The van der Waals surface area contributed by atoms with Crippen LogP contribution in [0, 0.1) is 5.92 Å². The first-order valence-electron chi connectivity index (χ1n) is 9.76. The van der Waals surface area contributed by atoms with Crippen molar-refractivity contribution in [3.63, 3.8) is 0 Å². The van der Waals surface area contributed by atoms with Crippen molar-refractivity contribution in [1.29, 1.82) is 0 Å². The molecule has 1 amide bonds. The number of ketones is 1. The lowest BCUT2D eigenvalue weighted by Gasteiger charge is -2.34. The van der Waals surface area contributed by atoms with Crippen LogP contribution in [0.4, 0.5) is 0 Å². The summed E-state index contributed by atoms with van der Waals surface area (Å²) in [5.74, 6) is -0.224. The molecule has 2 aromatic heterocycles. The Bertz CT molecular complexity index is 991. The van der Waals surface area contributed by atoms with Crippen molar-refractivity contribution in [3.8, 4) is 0 Å². The minimum absolute atomic E-state index is 0.0554. The average Bonchev–Trinajstić information content (AvgIpc) is 3.48. The van der Waals surface area contributed by atoms with E-state index in [0.29, 0.717) is 51.0 Å². The van der Waals surface area contributed by atoms with Gasteiger partial charge in [0.2, 0.25) is 5.91 Å². The molecular weight excluding hydrogens is 412 g/mol. The molecule has 1 atom stereocenters. The van der Waals surface area contributed by atoms with Gasteiger partial charge in [-0.05, 0) is 43.2 Å². The van der Waals surface area contributed by atoms with Gasteiger partial charge in [0.05, 0.1) is 0 Å². The van der Waals surface area contributed by atoms with Crippen molar-refractivity contribution >= 4 is 33.1 Å². The van der Waals surface area contributed by atoms with Crippen molar-refractivity contribution in [2.24, 2.45) is 13.0 Å². The van der Waals surface area contributed by atoms with Gasteiger partial charge in [-0.3, -0.25) is 14.3 Å². The van der Waals surface area contributed by atoms with Crippen molar-refractivity contribution in [1.82, 2.24) is 19.0 Å². The first-order chi connectivity index (χ1) is 13.9. The second-order valence-corrected chi connectivity index (χ2v) is 10.6. The molecule has 0 radical (unpaired) electrons. The molecule has 0 saturated carbocycles. The molecule has 156 valence electrons. The summed E-state index contributed by atoms with van der Waals surface area (Å²) >= 11 is 1.17. The summed E-state index contributed by atoms with van der Waals surface area (Å²) in [4.78, 5) is 27.5. The number of piperidine rings is 1. The second kappa shape index (κ2) is 8.00. The molecule has 2 aliphatic heterocycles. The van der Waals surface area contributed by atoms with Gasteiger partial charge in [-0.15, -0.1) is 11.3 Å². The minimum atomic E-state index is -3.65. The van der Waals surface area contributed by atoms with Crippen LogP contribution in [0.25, 0.3) is 0 Å². The first kappa shape index (κ1) is 20.2. The smallest absolute Gasteiger partial charge is 0.253 e. The second-order valence-electron chi connectivity index (χ2n) is 7.51. The number of carbonyl (C=O) groups excluding carboxylic acids is 2. The molecule has 0 aliphatic carbocycles. The molecular formula is C19H24N4O4S2. The van der Waals surface area contributed by atoms with Crippen LogP contribution in [0.3, 0.4) is 0 Å². The fourth-order valence-corrected chi connectivity index (χ4v) is 6.97. The number of aromatic nitrogens is 2. The molecule has 8 nitrogen and oxygen atoms in total. The summed E-state index contributed by atoms with van der Waals surface area (Å²) in [6.07, 6.45) is 3.99. The highest BCUT2D eigenvalue weighted by atomic mass is 32.2.